The monoisotopic (exact) mass is 231 g/mol. The fourth-order valence-electron chi connectivity index (χ4n) is 2.40. The van der Waals surface area contributed by atoms with Crippen molar-refractivity contribution in [1.82, 2.24) is 5.32 Å². The summed E-state index contributed by atoms with van der Waals surface area (Å²) >= 11 is 0. The zero-order valence-corrected chi connectivity index (χ0v) is 10.7. The van der Waals surface area contributed by atoms with Crippen LogP contribution >= 0.6 is 0 Å². The molecule has 1 fully saturated rings. The van der Waals surface area contributed by atoms with Crippen LogP contribution in [0.25, 0.3) is 0 Å². The van der Waals surface area contributed by atoms with Gasteiger partial charge in [0.1, 0.15) is 0 Å². The van der Waals surface area contributed by atoms with E-state index in [1.807, 2.05) is 18.2 Å². The van der Waals surface area contributed by atoms with E-state index in [1.54, 1.807) is 0 Å². The summed E-state index contributed by atoms with van der Waals surface area (Å²) in [6.45, 7) is 4.23. The van der Waals surface area contributed by atoms with Crippen LogP contribution in [0, 0.1) is 0 Å². The van der Waals surface area contributed by atoms with Gasteiger partial charge in [0.15, 0.2) is 0 Å². The Kier molecular flexibility index (Phi) is 3.51. The van der Waals surface area contributed by atoms with Gasteiger partial charge in [-0.1, -0.05) is 43.7 Å². The summed E-state index contributed by atoms with van der Waals surface area (Å²) < 4.78 is 0. The van der Waals surface area contributed by atoms with Crippen molar-refractivity contribution in [1.29, 1.82) is 0 Å². The number of rotatable bonds is 5. The molecule has 0 aliphatic heterocycles. The zero-order chi connectivity index (χ0) is 12.3. The van der Waals surface area contributed by atoms with E-state index in [9.17, 15) is 4.79 Å². The smallest absolute Gasteiger partial charge is 0.230 e. The Morgan fingerprint density at radius 1 is 1.35 bits per heavy atom. The van der Waals surface area contributed by atoms with Gasteiger partial charge in [-0.15, -0.1) is 0 Å². The number of hydrogen-bond acceptors (Lipinski definition) is 1. The van der Waals surface area contributed by atoms with E-state index in [2.05, 4.69) is 31.3 Å². The van der Waals surface area contributed by atoms with Gasteiger partial charge in [-0.25, -0.2) is 0 Å². The van der Waals surface area contributed by atoms with Crippen molar-refractivity contribution in [3.63, 3.8) is 0 Å². The molecule has 0 bridgehead atoms. The van der Waals surface area contributed by atoms with Crippen LogP contribution < -0.4 is 5.32 Å². The number of hydrogen-bond donors (Lipinski definition) is 1. The number of benzene rings is 1. The van der Waals surface area contributed by atoms with E-state index >= 15 is 0 Å². The number of nitrogens with one attached hydrogen (secondary N) is 1. The molecule has 0 unspecified atom stereocenters. The van der Waals surface area contributed by atoms with E-state index in [0.29, 0.717) is 0 Å². The predicted molar refractivity (Wildman–Crippen MR) is 69.9 cm³/mol. The first kappa shape index (κ1) is 12.2. The van der Waals surface area contributed by atoms with Crippen molar-refractivity contribution >= 4 is 5.91 Å². The summed E-state index contributed by atoms with van der Waals surface area (Å²) in [5, 5.41) is 3.14. The summed E-state index contributed by atoms with van der Waals surface area (Å²) in [5.41, 5.74) is 0.949. The molecule has 1 amide bonds. The molecule has 1 aliphatic rings. The fourth-order valence-corrected chi connectivity index (χ4v) is 2.40. The topological polar surface area (TPSA) is 29.1 Å². The van der Waals surface area contributed by atoms with Gasteiger partial charge in [0.05, 0.1) is 5.41 Å². The molecule has 0 saturated heterocycles. The Morgan fingerprint density at radius 2 is 2.00 bits per heavy atom. The third kappa shape index (κ3) is 2.51. The lowest BCUT2D eigenvalue weighted by molar-refractivity contribution is -0.124. The van der Waals surface area contributed by atoms with Crippen molar-refractivity contribution < 1.29 is 4.79 Å². The predicted octanol–water partition coefficient (Wildman–Crippen LogP) is 3.02. The van der Waals surface area contributed by atoms with Crippen LogP contribution in [0.2, 0.25) is 0 Å². The first-order valence-corrected chi connectivity index (χ1v) is 6.55. The molecular weight excluding hydrogens is 210 g/mol. The van der Waals surface area contributed by atoms with Gasteiger partial charge in [0, 0.05) is 6.04 Å². The molecule has 17 heavy (non-hydrogen) atoms. The maximum absolute atomic E-state index is 12.3. The van der Waals surface area contributed by atoms with Gasteiger partial charge >= 0.3 is 0 Å². The molecule has 0 heterocycles. The molecule has 1 N–H and O–H groups in total. The first-order valence-electron chi connectivity index (χ1n) is 6.55. The number of amides is 1. The van der Waals surface area contributed by atoms with E-state index in [1.165, 1.54) is 5.56 Å². The standard InChI is InChI=1S/C15H21NO/c1-3-7-12(2)16-14(17)15(10-11-15)13-8-5-4-6-9-13/h4-6,8-9,12H,3,7,10-11H2,1-2H3,(H,16,17)/t12-/m0/s1. The van der Waals surface area contributed by atoms with Crippen LogP contribution in [0.5, 0.6) is 0 Å². The SMILES string of the molecule is CCC[C@H](C)NC(=O)C1(c2ccccc2)CC1. The molecule has 2 nitrogen and oxygen atoms in total. The number of carbonyl (C=O) groups excluding carboxylic acids is 1. The van der Waals surface area contributed by atoms with Gasteiger partial charge in [0.2, 0.25) is 5.91 Å². The van der Waals surface area contributed by atoms with Crippen LogP contribution in [-0.4, -0.2) is 11.9 Å². The van der Waals surface area contributed by atoms with Gasteiger partial charge in [-0.3, -0.25) is 4.79 Å². The third-order valence-corrected chi connectivity index (χ3v) is 3.61. The van der Waals surface area contributed by atoms with Crippen molar-refractivity contribution in [2.24, 2.45) is 0 Å². The second kappa shape index (κ2) is 4.91. The lowest BCUT2D eigenvalue weighted by Gasteiger charge is -2.19. The van der Waals surface area contributed by atoms with Gasteiger partial charge in [-0.05, 0) is 31.7 Å². The first-order chi connectivity index (χ1) is 8.19. The molecule has 1 saturated carbocycles. The molecule has 92 valence electrons. The molecule has 0 spiro atoms. The molecule has 1 aliphatic carbocycles. The van der Waals surface area contributed by atoms with E-state index in [4.69, 9.17) is 0 Å². The second-order valence-corrected chi connectivity index (χ2v) is 5.11. The average molecular weight is 231 g/mol. The maximum Gasteiger partial charge on any atom is 0.230 e. The summed E-state index contributed by atoms with van der Waals surface area (Å²) in [6.07, 6.45) is 4.14. The lowest BCUT2D eigenvalue weighted by Crippen LogP contribution is -2.40. The molecule has 1 aromatic carbocycles. The van der Waals surface area contributed by atoms with E-state index in [0.717, 1.165) is 25.7 Å². The van der Waals surface area contributed by atoms with Crippen LogP contribution in [0.1, 0.15) is 45.1 Å². The normalized spacial score (nSPS) is 18.5. The zero-order valence-electron chi connectivity index (χ0n) is 10.7. The van der Waals surface area contributed by atoms with Gasteiger partial charge in [0.25, 0.3) is 0 Å². The van der Waals surface area contributed by atoms with Crippen molar-refractivity contribution in [3.8, 4) is 0 Å². The highest BCUT2D eigenvalue weighted by Gasteiger charge is 2.51. The fraction of sp³-hybridized carbons (Fsp3) is 0.533. The van der Waals surface area contributed by atoms with Gasteiger partial charge in [-0.2, -0.15) is 0 Å². The van der Waals surface area contributed by atoms with Gasteiger partial charge < -0.3 is 5.32 Å². The summed E-state index contributed by atoms with van der Waals surface area (Å²) in [7, 11) is 0. The molecule has 0 aromatic heterocycles. The Hall–Kier alpha value is -1.31. The summed E-state index contributed by atoms with van der Waals surface area (Å²) in [4.78, 5) is 12.3. The molecule has 1 atom stereocenters. The lowest BCUT2D eigenvalue weighted by atomic mass is 9.94. The van der Waals surface area contributed by atoms with E-state index in [-0.39, 0.29) is 17.4 Å². The second-order valence-electron chi connectivity index (χ2n) is 5.11. The highest BCUT2D eigenvalue weighted by Crippen LogP contribution is 2.48. The summed E-state index contributed by atoms with van der Waals surface area (Å²) in [5.74, 6) is 0.213. The highest BCUT2D eigenvalue weighted by atomic mass is 16.2. The van der Waals surface area contributed by atoms with Crippen LogP contribution in [0.4, 0.5) is 0 Å². The minimum absolute atomic E-state index is 0.213. The minimum Gasteiger partial charge on any atom is -0.353 e. The van der Waals surface area contributed by atoms with Crippen molar-refractivity contribution in [2.75, 3.05) is 0 Å². The van der Waals surface area contributed by atoms with E-state index < -0.39 is 0 Å². The molecular formula is C15H21NO. The largest absolute Gasteiger partial charge is 0.353 e. The Morgan fingerprint density at radius 3 is 2.53 bits per heavy atom. The molecule has 2 rings (SSSR count). The summed E-state index contributed by atoms with van der Waals surface area (Å²) in [6, 6.07) is 10.4. The van der Waals surface area contributed by atoms with Crippen LogP contribution in [-0.2, 0) is 10.2 Å². The Balaban J connectivity index is 2.04. The van der Waals surface area contributed by atoms with Crippen LogP contribution in [0.3, 0.4) is 0 Å². The molecule has 1 aromatic rings. The Bertz CT molecular complexity index is 381. The number of carbonyl (C=O) groups is 1. The maximum atomic E-state index is 12.3. The highest BCUT2D eigenvalue weighted by molar-refractivity contribution is 5.91. The molecule has 0 radical (unpaired) electrons. The third-order valence-electron chi connectivity index (χ3n) is 3.61. The quantitative estimate of drug-likeness (QED) is 0.829. The van der Waals surface area contributed by atoms with Crippen molar-refractivity contribution in [2.45, 2.75) is 51.0 Å². The Labute approximate surface area is 103 Å². The molecule has 2 heteroatoms. The van der Waals surface area contributed by atoms with Crippen molar-refractivity contribution in [3.05, 3.63) is 35.9 Å². The average Bonchev–Trinajstić information content (AvgIpc) is 3.11. The minimum atomic E-state index is -0.219. The van der Waals surface area contributed by atoms with Crippen LogP contribution in [0.15, 0.2) is 30.3 Å².